The number of aromatic nitrogens is 1. The van der Waals surface area contributed by atoms with Crippen LogP contribution in [-0.2, 0) is 0 Å². The molecule has 262 valence electrons. The van der Waals surface area contributed by atoms with Crippen LogP contribution in [-0.4, -0.2) is 4.57 Å². The molecule has 0 N–H and O–H groups in total. The lowest BCUT2D eigenvalue weighted by atomic mass is 9.90. The summed E-state index contributed by atoms with van der Waals surface area (Å²) < 4.78 is 2.49. The third kappa shape index (κ3) is 4.34. The van der Waals surface area contributed by atoms with Crippen LogP contribution in [0, 0.1) is 0 Å². The Bertz CT molecular complexity index is 3490. The maximum atomic E-state index is 2.49. The van der Waals surface area contributed by atoms with Gasteiger partial charge in [0.05, 0.1) is 11.0 Å². The molecule has 0 spiro atoms. The largest absolute Gasteiger partial charge is 0.309 e. The van der Waals surface area contributed by atoms with Crippen LogP contribution in [0.15, 0.2) is 200 Å². The van der Waals surface area contributed by atoms with E-state index < -0.39 is 0 Å². The average molecular weight is 720 g/mol. The summed E-state index contributed by atoms with van der Waals surface area (Å²) in [6.45, 7) is 0. The van der Waals surface area contributed by atoms with Crippen molar-refractivity contribution >= 4 is 97.2 Å². The molecule has 0 radical (unpaired) electrons. The fourth-order valence-corrected chi connectivity index (χ4v) is 10.1. The lowest BCUT2D eigenvalue weighted by Crippen LogP contribution is -1.94. The first kappa shape index (κ1) is 30.8. The average Bonchev–Trinajstić information content (AvgIpc) is 3.63. The summed E-state index contributed by atoms with van der Waals surface area (Å²) in [5.41, 5.74) is 8.51. The highest BCUT2D eigenvalue weighted by Gasteiger charge is 2.20. The van der Waals surface area contributed by atoms with Gasteiger partial charge in [-0.25, -0.2) is 0 Å². The van der Waals surface area contributed by atoms with E-state index in [2.05, 4.69) is 205 Å². The molecular formula is C56H33N. The van der Waals surface area contributed by atoms with Crippen molar-refractivity contribution in [2.24, 2.45) is 0 Å². The Morgan fingerprint density at radius 3 is 0.947 bits per heavy atom. The number of para-hydroxylation sites is 1. The second kappa shape index (κ2) is 11.5. The van der Waals surface area contributed by atoms with Gasteiger partial charge in [-0.2, -0.15) is 0 Å². The van der Waals surface area contributed by atoms with E-state index in [9.17, 15) is 0 Å². The summed E-state index contributed by atoms with van der Waals surface area (Å²) in [6.07, 6.45) is 0. The van der Waals surface area contributed by atoms with Crippen molar-refractivity contribution in [1.82, 2.24) is 4.57 Å². The third-order valence-electron chi connectivity index (χ3n) is 12.6. The molecule has 0 amide bonds. The van der Waals surface area contributed by atoms with Gasteiger partial charge in [0, 0.05) is 16.5 Å². The molecule has 57 heavy (non-hydrogen) atoms. The SMILES string of the molecule is c1ccc(-n2c3cc(-c4ccc5c6ccccc6c6ccccc6c5c4)cc4ccc5cc(-c6ccc7c8ccccc8c8ccccc8c7c6)cc2c5c43)cc1. The molecule has 0 aliphatic rings. The van der Waals surface area contributed by atoms with Crippen molar-refractivity contribution in [3.63, 3.8) is 0 Å². The highest BCUT2D eigenvalue weighted by molar-refractivity contribution is 6.29. The molecule has 1 heterocycles. The number of hydrogen-bond acceptors (Lipinski definition) is 0. The van der Waals surface area contributed by atoms with Crippen LogP contribution < -0.4 is 0 Å². The quantitative estimate of drug-likeness (QED) is 0.160. The zero-order valence-electron chi connectivity index (χ0n) is 31.0. The van der Waals surface area contributed by atoms with Gasteiger partial charge in [0.15, 0.2) is 0 Å². The van der Waals surface area contributed by atoms with E-state index in [-0.39, 0.29) is 0 Å². The first-order valence-electron chi connectivity index (χ1n) is 19.8. The number of benzene rings is 12. The normalized spacial score (nSPS) is 12.2. The molecule has 0 fully saturated rings. The Morgan fingerprint density at radius 2 is 0.561 bits per heavy atom. The summed E-state index contributed by atoms with van der Waals surface area (Å²) in [5, 5.41) is 20.7. The second-order valence-corrected chi connectivity index (χ2v) is 15.6. The van der Waals surface area contributed by atoms with Crippen LogP contribution in [0.4, 0.5) is 0 Å². The van der Waals surface area contributed by atoms with Gasteiger partial charge in [-0.3, -0.25) is 0 Å². The molecule has 0 aliphatic heterocycles. The van der Waals surface area contributed by atoms with Crippen molar-refractivity contribution < 1.29 is 0 Å². The third-order valence-corrected chi connectivity index (χ3v) is 12.6. The van der Waals surface area contributed by atoms with Gasteiger partial charge in [0.2, 0.25) is 0 Å². The summed E-state index contributed by atoms with van der Waals surface area (Å²) in [6, 6.07) is 74.6. The molecule has 0 bridgehead atoms. The molecule has 13 aromatic rings. The highest BCUT2D eigenvalue weighted by Crippen LogP contribution is 2.45. The van der Waals surface area contributed by atoms with Crippen molar-refractivity contribution in [2.45, 2.75) is 0 Å². The van der Waals surface area contributed by atoms with E-state index in [0.717, 1.165) is 5.69 Å². The van der Waals surface area contributed by atoms with Crippen molar-refractivity contribution in [3.05, 3.63) is 200 Å². The number of nitrogens with zero attached hydrogens (tertiary/aromatic N) is 1. The predicted molar refractivity (Wildman–Crippen MR) is 245 cm³/mol. The zero-order chi connectivity index (χ0) is 37.2. The van der Waals surface area contributed by atoms with Crippen LogP contribution in [0.3, 0.4) is 0 Å². The molecule has 1 heteroatoms. The van der Waals surface area contributed by atoms with E-state index >= 15 is 0 Å². The molecule has 12 aromatic carbocycles. The Kier molecular flexibility index (Phi) is 6.23. The van der Waals surface area contributed by atoms with E-state index in [4.69, 9.17) is 0 Å². The molecule has 13 rings (SSSR count). The minimum atomic E-state index is 1.16. The van der Waals surface area contributed by atoms with E-state index in [1.54, 1.807) is 0 Å². The summed E-state index contributed by atoms with van der Waals surface area (Å²) in [4.78, 5) is 0. The van der Waals surface area contributed by atoms with Crippen LogP contribution >= 0.6 is 0 Å². The van der Waals surface area contributed by atoms with Gasteiger partial charge in [-0.05, 0) is 146 Å². The van der Waals surface area contributed by atoms with Crippen molar-refractivity contribution in [3.8, 4) is 27.9 Å². The maximum absolute atomic E-state index is 2.49. The molecule has 1 nitrogen and oxygen atoms in total. The van der Waals surface area contributed by atoms with Crippen molar-refractivity contribution in [2.75, 3.05) is 0 Å². The molecule has 1 aromatic heterocycles. The first-order valence-corrected chi connectivity index (χ1v) is 19.8. The lowest BCUT2D eigenvalue weighted by Gasteiger charge is -2.13. The van der Waals surface area contributed by atoms with Crippen LogP contribution in [0.2, 0.25) is 0 Å². The maximum Gasteiger partial charge on any atom is 0.0553 e. The van der Waals surface area contributed by atoms with Crippen LogP contribution in [0.1, 0.15) is 0 Å². The van der Waals surface area contributed by atoms with Gasteiger partial charge >= 0.3 is 0 Å². The summed E-state index contributed by atoms with van der Waals surface area (Å²) >= 11 is 0. The smallest absolute Gasteiger partial charge is 0.0553 e. The Balaban J connectivity index is 1.07. The minimum Gasteiger partial charge on any atom is -0.309 e. The fraction of sp³-hybridized carbons (Fsp3) is 0. The molecule has 0 saturated heterocycles. The van der Waals surface area contributed by atoms with Crippen LogP contribution in [0.25, 0.3) is 125 Å². The molecule has 0 saturated carbocycles. The number of hydrogen-bond donors (Lipinski definition) is 0. The van der Waals surface area contributed by atoms with E-state index in [1.807, 2.05) is 0 Å². The van der Waals surface area contributed by atoms with Gasteiger partial charge in [-0.15, -0.1) is 0 Å². The topological polar surface area (TPSA) is 4.93 Å². The van der Waals surface area contributed by atoms with Crippen molar-refractivity contribution in [1.29, 1.82) is 0 Å². The molecule has 0 atom stereocenters. The fourth-order valence-electron chi connectivity index (χ4n) is 10.1. The van der Waals surface area contributed by atoms with Gasteiger partial charge in [0.1, 0.15) is 0 Å². The number of fused-ring (bicyclic) bond motifs is 12. The van der Waals surface area contributed by atoms with Gasteiger partial charge in [-0.1, -0.05) is 152 Å². The zero-order valence-corrected chi connectivity index (χ0v) is 31.0. The summed E-state index contributed by atoms with van der Waals surface area (Å²) in [7, 11) is 0. The van der Waals surface area contributed by atoms with Gasteiger partial charge < -0.3 is 4.57 Å². The summed E-state index contributed by atoms with van der Waals surface area (Å²) in [5.74, 6) is 0. The number of rotatable bonds is 3. The first-order chi connectivity index (χ1) is 28.3. The Hall–Kier alpha value is -7.48. The standard InChI is InChI=1S/C56H33N/c1-2-12-40(13-3-1)57-53-32-38(34-24-26-49-45-18-6-4-14-41(45)43-16-8-10-20-47(43)51(49)30-34)28-36-22-23-37-29-39(33-54(57)56(37)55(36)53)35-25-27-50-46-19-7-5-15-42(46)44-17-9-11-21-48(44)52(50)31-35/h1-33H. The minimum absolute atomic E-state index is 1.16. The monoisotopic (exact) mass is 719 g/mol. The van der Waals surface area contributed by atoms with E-state index in [0.29, 0.717) is 0 Å². The molecular weight excluding hydrogens is 687 g/mol. The van der Waals surface area contributed by atoms with E-state index in [1.165, 1.54) is 119 Å². The Labute approximate surface area is 328 Å². The molecule has 0 unspecified atom stereocenters. The lowest BCUT2D eigenvalue weighted by molar-refractivity contribution is 1.18. The highest BCUT2D eigenvalue weighted by atomic mass is 15.0. The Morgan fingerprint density at radius 1 is 0.228 bits per heavy atom. The van der Waals surface area contributed by atoms with Gasteiger partial charge in [0.25, 0.3) is 0 Å². The second-order valence-electron chi connectivity index (χ2n) is 15.6. The molecule has 0 aliphatic carbocycles. The van der Waals surface area contributed by atoms with Crippen LogP contribution in [0.5, 0.6) is 0 Å². The predicted octanol–water partition coefficient (Wildman–Crippen LogP) is 15.6.